The molecule has 1 heterocycles. The zero-order valence-electron chi connectivity index (χ0n) is 23.1. The van der Waals surface area contributed by atoms with Crippen molar-refractivity contribution in [1.29, 1.82) is 0 Å². The fraction of sp³-hybridized carbons (Fsp3) is 0.294. The standard InChI is InChI=1S/C34H37BrN4O2/c35-29-16-15-26-20-28(14-13-27(26)21-29)33(40)37-22-30-17-19-39(34(41)32(38-30)12-7-18-36)23-31(24-8-3-1-4-9-24)25-10-5-2-6-11-25/h1-6,8-11,13-16,20-21,30-32,38H,7,12,17-19,22-23,36H2,(H,37,40). The van der Waals surface area contributed by atoms with Crippen LogP contribution in [0.4, 0.5) is 0 Å². The largest absolute Gasteiger partial charge is 0.350 e. The first-order valence-electron chi connectivity index (χ1n) is 14.3. The van der Waals surface area contributed by atoms with E-state index in [0.717, 1.165) is 28.1 Å². The molecule has 1 aliphatic rings. The van der Waals surface area contributed by atoms with Crippen molar-refractivity contribution in [3.05, 3.63) is 118 Å². The average molecular weight is 614 g/mol. The van der Waals surface area contributed by atoms with Gasteiger partial charge in [0.05, 0.1) is 6.04 Å². The third-order valence-electron chi connectivity index (χ3n) is 7.87. The number of nitrogens with two attached hydrogens (primary N) is 1. The van der Waals surface area contributed by atoms with Crippen LogP contribution >= 0.6 is 15.9 Å². The highest BCUT2D eigenvalue weighted by molar-refractivity contribution is 9.10. The molecule has 6 nitrogen and oxygen atoms in total. The van der Waals surface area contributed by atoms with Crippen molar-refractivity contribution in [3.63, 3.8) is 0 Å². The van der Waals surface area contributed by atoms with Gasteiger partial charge in [0, 0.05) is 41.6 Å². The Kier molecular flexibility index (Phi) is 9.83. The van der Waals surface area contributed by atoms with Crippen LogP contribution in [0.15, 0.2) is 102 Å². The molecular weight excluding hydrogens is 576 g/mol. The average Bonchev–Trinajstić information content (AvgIpc) is 3.16. The van der Waals surface area contributed by atoms with Crippen LogP contribution in [-0.2, 0) is 4.79 Å². The van der Waals surface area contributed by atoms with E-state index in [1.165, 1.54) is 11.1 Å². The number of hydrogen-bond donors (Lipinski definition) is 3. The number of carbonyl (C=O) groups excluding carboxylic acids is 2. The van der Waals surface area contributed by atoms with Crippen molar-refractivity contribution in [1.82, 2.24) is 15.5 Å². The van der Waals surface area contributed by atoms with Gasteiger partial charge in [-0.05, 0) is 72.0 Å². The van der Waals surface area contributed by atoms with E-state index in [0.29, 0.717) is 38.2 Å². The summed E-state index contributed by atoms with van der Waals surface area (Å²) in [4.78, 5) is 28.9. The lowest BCUT2D eigenvalue weighted by Gasteiger charge is -2.29. The van der Waals surface area contributed by atoms with Gasteiger partial charge in [-0.15, -0.1) is 0 Å². The molecule has 2 atom stereocenters. The van der Waals surface area contributed by atoms with Crippen LogP contribution in [-0.4, -0.2) is 55.0 Å². The summed E-state index contributed by atoms with van der Waals surface area (Å²) in [6.45, 7) is 2.19. The topological polar surface area (TPSA) is 87.5 Å². The van der Waals surface area contributed by atoms with Gasteiger partial charge in [0.2, 0.25) is 5.91 Å². The highest BCUT2D eigenvalue weighted by atomic mass is 79.9. The molecule has 4 aromatic rings. The molecule has 1 saturated heterocycles. The molecule has 0 radical (unpaired) electrons. The first-order valence-corrected chi connectivity index (χ1v) is 15.1. The van der Waals surface area contributed by atoms with Gasteiger partial charge in [0.25, 0.3) is 5.91 Å². The van der Waals surface area contributed by atoms with Gasteiger partial charge in [-0.25, -0.2) is 0 Å². The first-order chi connectivity index (χ1) is 20.0. The Bertz CT molecular complexity index is 1420. The summed E-state index contributed by atoms with van der Waals surface area (Å²) in [7, 11) is 0. The number of fused-ring (bicyclic) bond motifs is 1. The first kappa shape index (κ1) is 29.0. The molecule has 212 valence electrons. The lowest BCUT2D eigenvalue weighted by Crippen LogP contribution is -2.49. The Morgan fingerprint density at radius 2 is 1.61 bits per heavy atom. The van der Waals surface area contributed by atoms with E-state index in [9.17, 15) is 9.59 Å². The molecule has 2 amide bonds. The molecule has 0 spiro atoms. The second kappa shape index (κ2) is 13.9. The summed E-state index contributed by atoms with van der Waals surface area (Å²) in [5.41, 5.74) is 8.83. The minimum Gasteiger partial charge on any atom is -0.350 e. The summed E-state index contributed by atoms with van der Waals surface area (Å²) in [6, 6.07) is 32.2. The van der Waals surface area contributed by atoms with Crippen LogP contribution in [0.3, 0.4) is 0 Å². The molecule has 1 fully saturated rings. The Balaban J connectivity index is 1.29. The summed E-state index contributed by atoms with van der Waals surface area (Å²) >= 11 is 3.50. The SMILES string of the molecule is NCCCC1NC(CNC(=O)c2ccc3cc(Br)ccc3c2)CCN(CC(c2ccccc2)c2ccccc2)C1=O. The van der Waals surface area contributed by atoms with Gasteiger partial charge < -0.3 is 21.3 Å². The number of halogens is 1. The van der Waals surface area contributed by atoms with Gasteiger partial charge in [0.1, 0.15) is 0 Å². The highest BCUT2D eigenvalue weighted by Gasteiger charge is 2.32. The number of nitrogens with zero attached hydrogens (tertiary/aromatic N) is 1. The number of rotatable bonds is 10. The smallest absolute Gasteiger partial charge is 0.251 e. The Labute approximate surface area is 250 Å². The minimum absolute atomic E-state index is 0.0287. The van der Waals surface area contributed by atoms with Gasteiger partial charge in [-0.3, -0.25) is 9.59 Å². The lowest BCUT2D eigenvalue weighted by atomic mass is 9.90. The van der Waals surface area contributed by atoms with E-state index >= 15 is 0 Å². The number of hydrogen-bond acceptors (Lipinski definition) is 4. The van der Waals surface area contributed by atoms with Crippen LogP contribution < -0.4 is 16.4 Å². The molecule has 0 saturated carbocycles. The quantitative estimate of drug-likeness (QED) is 0.222. The number of carbonyl (C=O) groups is 2. The molecule has 0 bridgehead atoms. The summed E-state index contributed by atoms with van der Waals surface area (Å²) in [6.07, 6.45) is 2.16. The van der Waals surface area contributed by atoms with Crippen molar-refractivity contribution in [2.75, 3.05) is 26.2 Å². The van der Waals surface area contributed by atoms with E-state index in [1.54, 1.807) is 0 Å². The molecule has 1 aliphatic heterocycles. The molecule has 0 aliphatic carbocycles. The normalized spacial score (nSPS) is 17.5. The van der Waals surface area contributed by atoms with Crippen LogP contribution in [0.25, 0.3) is 10.8 Å². The molecule has 5 rings (SSSR count). The van der Waals surface area contributed by atoms with E-state index < -0.39 is 0 Å². The van der Waals surface area contributed by atoms with Gasteiger partial charge >= 0.3 is 0 Å². The minimum atomic E-state index is -0.339. The van der Waals surface area contributed by atoms with Crippen LogP contribution in [0.1, 0.15) is 46.7 Å². The highest BCUT2D eigenvalue weighted by Crippen LogP contribution is 2.27. The molecular formula is C34H37BrN4O2. The van der Waals surface area contributed by atoms with Crippen molar-refractivity contribution in [2.24, 2.45) is 5.73 Å². The fourth-order valence-corrected chi connectivity index (χ4v) is 6.00. The molecule has 4 aromatic carbocycles. The summed E-state index contributed by atoms with van der Waals surface area (Å²) < 4.78 is 1.01. The van der Waals surface area contributed by atoms with Crippen LogP contribution in [0.2, 0.25) is 0 Å². The van der Waals surface area contributed by atoms with E-state index in [4.69, 9.17) is 5.73 Å². The number of amides is 2. The zero-order valence-corrected chi connectivity index (χ0v) is 24.7. The summed E-state index contributed by atoms with van der Waals surface area (Å²) in [5.74, 6) is 0.0573. The molecule has 4 N–H and O–H groups in total. The van der Waals surface area contributed by atoms with Crippen LogP contribution in [0, 0.1) is 0 Å². The van der Waals surface area contributed by atoms with Crippen molar-refractivity contribution < 1.29 is 9.59 Å². The third kappa shape index (κ3) is 7.41. The predicted molar refractivity (Wildman–Crippen MR) is 169 cm³/mol. The molecule has 7 heteroatoms. The maximum atomic E-state index is 13.8. The van der Waals surface area contributed by atoms with Gasteiger partial charge in [0.15, 0.2) is 0 Å². The van der Waals surface area contributed by atoms with E-state index in [-0.39, 0.29) is 29.8 Å². The van der Waals surface area contributed by atoms with Crippen molar-refractivity contribution in [3.8, 4) is 0 Å². The maximum absolute atomic E-state index is 13.8. The Hall–Kier alpha value is -3.52. The Morgan fingerprint density at radius 3 is 2.29 bits per heavy atom. The number of nitrogens with one attached hydrogen (secondary N) is 2. The zero-order chi connectivity index (χ0) is 28.6. The molecule has 41 heavy (non-hydrogen) atoms. The monoisotopic (exact) mass is 612 g/mol. The molecule has 0 aromatic heterocycles. The molecule has 2 unspecified atom stereocenters. The van der Waals surface area contributed by atoms with Gasteiger partial charge in [-0.1, -0.05) is 88.7 Å². The van der Waals surface area contributed by atoms with Crippen molar-refractivity contribution >= 4 is 38.5 Å². The number of benzene rings is 4. The van der Waals surface area contributed by atoms with Crippen LogP contribution in [0.5, 0.6) is 0 Å². The fourth-order valence-electron chi connectivity index (χ4n) is 5.62. The van der Waals surface area contributed by atoms with Gasteiger partial charge in [-0.2, -0.15) is 0 Å². The van der Waals surface area contributed by atoms with E-state index in [2.05, 4.69) is 50.8 Å². The van der Waals surface area contributed by atoms with E-state index in [1.807, 2.05) is 77.7 Å². The third-order valence-corrected chi connectivity index (χ3v) is 8.36. The van der Waals surface area contributed by atoms with Crippen molar-refractivity contribution in [2.45, 2.75) is 37.3 Å². The second-order valence-electron chi connectivity index (χ2n) is 10.7. The maximum Gasteiger partial charge on any atom is 0.251 e. The predicted octanol–water partition coefficient (Wildman–Crippen LogP) is 5.46. The lowest BCUT2D eigenvalue weighted by molar-refractivity contribution is -0.133. The second-order valence-corrected chi connectivity index (χ2v) is 11.6. The Morgan fingerprint density at radius 1 is 0.951 bits per heavy atom. The summed E-state index contributed by atoms with van der Waals surface area (Å²) in [5, 5.41) is 8.76.